The molecule has 72 heavy (non-hydrogen) atoms. The van der Waals surface area contributed by atoms with Gasteiger partial charge < -0.3 is 14.2 Å². The van der Waals surface area contributed by atoms with Gasteiger partial charge in [-0.3, -0.25) is 14.4 Å². The van der Waals surface area contributed by atoms with Crippen LogP contribution >= 0.6 is 0 Å². The Morgan fingerprint density at radius 1 is 0.278 bits per heavy atom. The standard InChI is InChI=1S/C66H124O6/c1-4-7-10-13-16-19-22-25-27-29-30-31-32-33-34-35-36-37-38-40-41-44-47-50-53-56-59-65(68)71-62-63(61-70-64(67)58-55-52-49-46-43-24-21-18-15-12-9-6-3)72-66(69)60-57-54-51-48-45-42-39-28-26-23-20-17-14-11-8-5-2/h20,23,28,39,63H,4-19,21-22,24-27,29-38,40-62H2,1-3H3/b23-20-,39-28-. The van der Waals surface area contributed by atoms with Crippen molar-refractivity contribution in [1.82, 2.24) is 0 Å². The van der Waals surface area contributed by atoms with E-state index in [1.807, 2.05) is 0 Å². The van der Waals surface area contributed by atoms with Crippen molar-refractivity contribution in [1.29, 1.82) is 0 Å². The monoisotopic (exact) mass is 1010 g/mol. The fraction of sp³-hybridized carbons (Fsp3) is 0.894. The molecule has 0 N–H and O–H groups in total. The average Bonchev–Trinajstić information content (AvgIpc) is 3.38. The van der Waals surface area contributed by atoms with E-state index in [9.17, 15) is 14.4 Å². The van der Waals surface area contributed by atoms with Gasteiger partial charge in [0.25, 0.3) is 0 Å². The zero-order valence-electron chi connectivity index (χ0n) is 48.7. The van der Waals surface area contributed by atoms with E-state index in [1.54, 1.807) is 0 Å². The van der Waals surface area contributed by atoms with Crippen LogP contribution in [0.2, 0.25) is 0 Å². The summed E-state index contributed by atoms with van der Waals surface area (Å²) in [5.41, 5.74) is 0. The van der Waals surface area contributed by atoms with Crippen LogP contribution in [0.4, 0.5) is 0 Å². The lowest BCUT2D eigenvalue weighted by Gasteiger charge is -2.18. The highest BCUT2D eigenvalue weighted by atomic mass is 16.6. The highest BCUT2D eigenvalue weighted by molar-refractivity contribution is 5.71. The predicted molar refractivity (Wildman–Crippen MR) is 312 cm³/mol. The number of ether oxygens (including phenoxy) is 3. The van der Waals surface area contributed by atoms with Gasteiger partial charge in [0.15, 0.2) is 6.10 Å². The molecule has 0 aromatic carbocycles. The Hall–Kier alpha value is -2.11. The number of rotatable bonds is 60. The molecule has 0 spiro atoms. The van der Waals surface area contributed by atoms with Crippen LogP contribution in [-0.4, -0.2) is 37.2 Å². The second-order valence-corrected chi connectivity index (χ2v) is 22.0. The molecule has 0 fully saturated rings. The number of hydrogen-bond acceptors (Lipinski definition) is 6. The smallest absolute Gasteiger partial charge is 0.306 e. The van der Waals surface area contributed by atoms with E-state index in [0.29, 0.717) is 19.3 Å². The minimum atomic E-state index is -0.774. The summed E-state index contributed by atoms with van der Waals surface area (Å²) < 4.78 is 16.9. The Labute approximate surface area is 449 Å². The maximum Gasteiger partial charge on any atom is 0.306 e. The molecule has 0 radical (unpaired) electrons. The molecule has 6 heteroatoms. The number of carbonyl (C=O) groups excluding carboxylic acids is 3. The van der Waals surface area contributed by atoms with Crippen molar-refractivity contribution < 1.29 is 28.6 Å². The molecule has 6 nitrogen and oxygen atoms in total. The van der Waals surface area contributed by atoms with E-state index in [0.717, 1.165) is 77.0 Å². The number of carbonyl (C=O) groups is 3. The van der Waals surface area contributed by atoms with Crippen LogP contribution in [0.3, 0.4) is 0 Å². The molecule has 0 saturated carbocycles. The summed E-state index contributed by atoms with van der Waals surface area (Å²) in [6, 6.07) is 0. The second-order valence-electron chi connectivity index (χ2n) is 22.0. The summed E-state index contributed by atoms with van der Waals surface area (Å²) in [5, 5.41) is 0. The first kappa shape index (κ1) is 69.9. The van der Waals surface area contributed by atoms with Gasteiger partial charge >= 0.3 is 17.9 Å². The first-order chi connectivity index (χ1) is 35.5. The third-order valence-electron chi connectivity index (χ3n) is 14.7. The summed E-state index contributed by atoms with van der Waals surface area (Å²) >= 11 is 0. The van der Waals surface area contributed by atoms with E-state index in [4.69, 9.17) is 14.2 Å². The minimum Gasteiger partial charge on any atom is -0.462 e. The number of hydrogen-bond donors (Lipinski definition) is 0. The van der Waals surface area contributed by atoms with Crippen LogP contribution in [-0.2, 0) is 28.6 Å². The highest BCUT2D eigenvalue weighted by Crippen LogP contribution is 2.18. The van der Waals surface area contributed by atoms with Gasteiger partial charge in [0.2, 0.25) is 0 Å². The van der Waals surface area contributed by atoms with Gasteiger partial charge in [0.05, 0.1) is 0 Å². The number of unbranched alkanes of at least 4 members (excludes halogenated alkanes) is 45. The molecule has 0 aromatic heterocycles. The Morgan fingerprint density at radius 2 is 0.500 bits per heavy atom. The van der Waals surface area contributed by atoms with Crippen molar-refractivity contribution in [3.8, 4) is 0 Å². The molecule has 0 bridgehead atoms. The van der Waals surface area contributed by atoms with E-state index < -0.39 is 6.10 Å². The lowest BCUT2D eigenvalue weighted by molar-refractivity contribution is -0.167. The summed E-state index contributed by atoms with van der Waals surface area (Å²) in [7, 11) is 0. The molecule has 0 amide bonds. The zero-order valence-corrected chi connectivity index (χ0v) is 48.7. The first-order valence-corrected chi connectivity index (χ1v) is 32.3. The molecule has 0 aliphatic carbocycles. The van der Waals surface area contributed by atoms with Crippen LogP contribution in [0.15, 0.2) is 24.3 Å². The van der Waals surface area contributed by atoms with Gasteiger partial charge in [-0.25, -0.2) is 0 Å². The van der Waals surface area contributed by atoms with Crippen molar-refractivity contribution in [3.63, 3.8) is 0 Å². The van der Waals surface area contributed by atoms with E-state index in [-0.39, 0.29) is 31.1 Å². The maximum absolute atomic E-state index is 12.9. The fourth-order valence-electron chi connectivity index (χ4n) is 9.83. The quantitative estimate of drug-likeness (QED) is 0.0261. The van der Waals surface area contributed by atoms with Crippen molar-refractivity contribution >= 4 is 17.9 Å². The Morgan fingerprint density at radius 3 is 0.778 bits per heavy atom. The Bertz CT molecular complexity index is 1160. The number of esters is 3. The zero-order chi connectivity index (χ0) is 52.2. The molecule has 0 rings (SSSR count). The largest absolute Gasteiger partial charge is 0.462 e. The average molecular weight is 1010 g/mol. The van der Waals surface area contributed by atoms with Crippen molar-refractivity contribution in [3.05, 3.63) is 24.3 Å². The molecule has 1 atom stereocenters. The van der Waals surface area contributed by atoms with E-state index >= 15 is 0 Å². The third-order valence-corrected chi connectivity index (χ3v) is 14.7. The van der Waals surface area contributed by atoms with Gasteiger partial charge in [-0.2, -0.15) is 0 Å². The predicted octanol–water partition coefficient (Wildman–Crippen LogP) is 21.8. The lowest BCUT2D eigenvalue weighted by Crippen LogP contribution is -2.30. The molecular formula is C66H124O6. The lowest BCUT2D eigenvalue weighted by atomic mass is 10.0. The van der Waals surface area contributed by atoms with Crippen LogP contribution in [0.5, 0.6) is 0 Å². The van der Waals surface area contributed by atoms with E-state index in [2.05, 4.69) is 45.1 Å². The summed E-state index contributed by atoms with van der Waals surface area (Å²) in [6.07, 6.45) is 73.4. The van der Waals surface area contributed by atoms with Crippen LogP contribution in [0.25, 0.3) is 0 Å². The maximum atomic E-state index is 12.9. The first-order valence-electron chi connectivity index (χ1n) is 32.3. The summed E-state index contributed by atoms with van der Waals surface area (Å²) in [6.45, 7) is 6.67. The highest BCUT2D eigenvalue weighted by Gasteiger charge is 2.19. The third kappa shape index (κ3) is 58.8. The Balaban J connectivity index is 4.19. The fourth-order valence-corrected chi connectivity index (χ4v) is 9.83. The molecule has 0 aliphatic rings. The molecule has 0 heterocycles. The van der Waals surface area contributed by atoms with Crippen molar-refractivity contribution in [2.45, 2.75) is 367 Å². The second kappa shape index (κ2) is 61.4. The summed E-state index contributed by atoms with van der Waals surface area (Å²) in [5.74, 6) is -0.860. The van der Waals surface area contributed by atoms with E-state index in [1.165, 1.54) is 244 Å². The van der Waals surface area contributed by atoms with Gasteiger partial charge in [0, 0.05) is 19.3 Å². The number of allylic oxidation sites excluding steroid dienone is 4. The molecule has 424 valence electrons. The topological polar surface area (TPSA) is 78.9 Å². The van der Waals surface area contributed by atoms with Gasteiger partial charge in [-0.1, -0.05) is 315 Å². The van der Waals surface area contributed by atoms with Crippen LogP contribution < -0.4 is 0 Å². The molecule has 0 aliphatic heterocycles. The van der Waals surface area contributed by atoms with Gasteiger partial charge in [0.1, 0.15) is 13.2 Å². The molecule has 1 unspecified atom stereocenters. The van der Waals surface area contributed by atoms with Gasteiger partial charge in [-0.05, 0) is 51.4 Å². The van der Waals surface area contributed by atoms with Gasteiger partial charge in [-0.15, -0.1) is 0 Å². The SMILES string of the molecule is CCCCCC/C=C\C/C=C\CCCCCCCC(=O)OC(COC(=O)CCCCCCCCCCCCCC)COC(=O)CCCCCCCCCCCCCCCCCCCCCCCCCCCC. The van der Waals surface area contributed by atoms with Crippen LogP contribution in [0.1, 0.15) is 361 Å². The van der Waals surface area contributed by atoms with Crippen molar-refractivity contribution in [2.24, 2.45) is 0 Å². The molecule has 0 aromatic rings. The minimum absolute atomic E-state index is 0.0712. The molecule has 0 saturated heterocycles. The normalized spacial score (nSPS) is 12.1. The molecular weight excluding hydrogens is 889 g/mol. The summed E-state index contributed by atoms with van der Waals surface area (Å²) in [4.78, 5) is 38.2. The Kier molecular flexibility index (Phi) is 59.6. The van der Waals surface area contributed by atoms with Crippen LogP contribution in [0, 0.1) is 0 Å². The van der Waals surface area contributed by atoms with Crippen molar-refractivity contribution in [2.75, 3.05) is 13.2 Å².